The number of hydrogen-bond acceptors (Lipinski definition) is 2. The van der Waals surface area contributed by atoms with Gasteiger partial charge >= 0.3 is 29.6 Å². The Balaban J connectivity index is -0.000000125. The van der Waals surface area contributed by atoms with Gasteiger partial charge in [0.25, 0.3) is 0 Å². The first-order valence-corrected chi connectivity index (χ1v) is 1.58. The van der Waals surface area contributed by atoms with E-state index in [2.05, 4.69) is 0 Å². The van der Waals surface area contributed by atoms with Gasteiger partial charge in [0.15, 0.2) is 5.78 Å². The zero-order valence-electron chi connectivity index (χ0n) is 5.51. The van der Waals surface area contributed by atoms with E-state index in [0.717, 1.165) is 12.3 Å². The van der Waals surface area contributed by atoms with Gasteiger partial charge < -0.3 is 6.53 Å². The van der Waals surface area contributed by atoms with Crippen molar-refractivity contribution in [1.29, 1.82) is 0 Å². The maximum absolute atomic E-state index is 9.80. The maximum atomic E-state index is 9.80. The molecule has 0 atom stereocenters. The molecule has 0 fully saturated rings. The van der Waals surface area contributed by atoms with Crippen molar-refractivity contribution in [2.75, 3.05) is 0 Å². The molecule has 0 aliphatic heterocycles. The van der Waals surface area contributed by atoms with E-state index in [1.54, 1.807) is 0 Å². The number of rotatable bonds is 1. The molecule has 0 amide bonds. The van der Waals surface area contributed by atoms with Gasteiger partial charge in [-0.1, -0.05) is 0 Å². The second-order valence-corrected chi connectivity index (χ2v) is 0.926. The summed E-state index contributed by atoms with van der Waals surface area (Å²) in [5.41, 5.74) is 0. The molecule has 36 valence electrons. The fourth-order valence-corrected chi connectivity index (χ4v) is 0.105. The predicted octanol–water partition coefficient (Wildman–Crippen LogP) is -2.24. The number of ketones is 1. The molecule has 0 radical (unpaired) electrons. The SMILES string of the molecule is CC(=O)C=CO.[H-].[Na+]. The van der Waals surface area contributed by atoms with Gasteiger partial charge in [-0.15, -0.1) is 0 Å². The van der Waals surface area contributed by atoms with Gasteiger partial charge in [-0.25, -0.2) is 0 Å². The quantitative estimate of drug-likeness (QED) is 0.235. The molecule has 0 aliphatic rings. The van der Waals surface area contributed by atoms with Gasteiger partial charge in [0.1, 0.15) is 0 Å². The standard InChI is InChI=1S/C4H6O2.Na.H/c1-4(6)2-3-5;;/h2-3,5H,1H3;;/q;+1;-1. The Labute approximate surface area is 66.0 Å². The predicted molar refractivity (Wildman–Crippen MR) is 23.6 cm³/mol. The minimum Gasteiger partial charge on any atom is -1.00 e. The van der Waals surface area contributed by atoms with E-state index in [1.165, 1.54) is 6.92 Å². The number of aliphatic hydroxyl groups excluding tert-OH is 1. The molecule has 0 heterocycles. The molecular formula is C4H7NaO2. The summed E-state index contributed by atoms with van der Waals surface area (Å²) in [4.78, 5) is 9.80. The molecule has 7 heavy (non-hydrogen) atoms. The van der Waals surface area contributed by atoms with Crippen LogP contribution in [0.2, 0.25) is 0 Å². The van der Waals surface area contributed by atoms with Crippen LogP contribution >= 0.6 is 0 Å². The first kappa shape index (κ1) is 10.2. The molecule has 1 N–H and O–H groups in total. The summed E-state index contributed by atoms with van der Waals surface area (Å²) in [6.45, 7) is 1.37. The monoisotopic (exact) mass is 110 g/mol. The Morgan fingerprint density at radius 3 is 2.29 bits per heavy atom. The normalized spacial score (nSPS) is 8.14. The van der Waals surface area contributed by atoms with Crippen molar-refractivity contribution < 1.29 is 40.9 Å². The zero-order chi connectivity index (χ0) is 4.99. The second-order valence-electron chi connectivity index (χ2n) is 0.926. The first-order chi connectivity index (χ1) is 2.77. The number of hydrogen-bond donors (Lipinski definition) is 1. The van der Waals surface area contributed by atoms with E-state index in [9.17, 15) is 4.79 Å². The molecule has 0 unspecified atom stereocenters. The average molecular weight is 110 g/mol. The molecule has 0 bridgehead atoms. The maximum Gasteiger partial charge on any atom is 1.00 e. The van der Waals surface area contributed by atoms with E-state index in [0.29, 0.717) is 0 Å². The zero-order valence-corrected chi connectivity index (χ0v) is 6.51. The molecule has 0 rings (SSSR count). The molecule has 0 aromatic carbocycles. The molecule has 0 aliphatic carbocycles. The van der Waals surface area contributed by atoms with E-state index in [1.807, 2.05) is 0 Å². The fraction of sp³-hybridized carbons (Fsp3) is 0.250. The van der Waals surface area contributed by atoms with Gasteiger partial charge in [-0.3, -0.25) is 4.79 Å². The number of aliphatic hydroxyl groups is 1. The largest absolute Gasteiger partial charge is 1.00 e. The van der Waals surface area contributed by atoms with Gasteiger partial charge in [-0.05, 0) is 6.92 Å². The second kappa shape index (κ2) is 6.21. The molecule has 3 heteroatoms. The average Bonchev–Trinajstić information content (AvgIpc) is 1.35. The molecule has 0 saturated carbocycles. The van der Waals surface area contributed by atoms with Crippen LogP contribution in [-0.4, -0.2) is 10.9 Å². The molecule has 0 spiro atoms. The van der Waals surface area contributed by atoms with E-state index < -0.39 is 0 Å². The number of allylic oxidation sites excluding steroid dienone is 1. The summed E-state index contributed by atoms with van der Waals surface area (Å²) in [6.07, 6.45) is 1.81. The van der Waals surface area contributed by atoms with Crippen molar-refractivity contribution in [3.63, 3.8) is 0 Å². The third-order valence-corrected chi connectivity index (χ3v) is 0.309. The van der Waals surface area contributed by atoms with Gasteiger partial charge in [0, 0.05) is 6.08 Å². The Kier molecular flexibility index (Phi) is 9.09. The smallest absolute Gasteiger partial charge is 1.00 e. The summed E-state index contributed by atoms with van der Waals surface area (Å²) >= 11 is 0. The number of carbonyl (C=O) groups excluding carboxylic acids is 1. The van der Waals surface area contributed by atoms with Crippen molar-refractivity contribution in [3.8, 4) is 0 Å². The minimum absolute atomic E-state index is 0. The van der Waals surface area contributed by atoms with E-state index in [-0.39, 0.29) is 36.8 Å². The Bertz CT molecular complexity index is 82.1. The molecule has 0 aromatic heterocycles. The Hall–Kier alpha value is 0.210. The van der Waals surface area contributed by atoms with Gasteiger partial charge in [0.05, 0.1) is 6.26 Å². The van der Waals surface area contributed by atoms with Crippen LogP contribution in [0, 0.1) is 0 Å². The molecular weight excluding hydrogens is 103 g/mol. The van der Waals surface area contributed by atoms with E-state index >= 15 is 0 Å². The summed E-state index contributed by atoms with van der Waals surface area (Å²) < 4.78 is 0. The van der Waals surface area contributed by atoms with Crippen LogP contribution in [-0.2, 0) is 4.79 Å². The van der Waals surface area contributed by atoms with Crippen molar-refractivity contribution in [1.82, 2.24) is 0 Å². The van der Waals surface area contributed by atoms with Crippen molar-refractivity contribution in [2.24, 2.45) is 0 Å². The van der Waals surface area contributed by atoms with Gasteiger partial charge in [0.2, 0.25) is 0 Å². The van der Waals surface area contributed by atoms with Crippen molar-refractivity contribution in [2.45, 2.75) is 6.92 Å². The van der Waals surface area contributed by atoms with Crippen molar-refractivity contribution in [3.05, 3.63) is 12.3 Å². The summed E-state index contributed by atoms with van der Waals surface area (Å²) in [5, 5.41) is 7.84. The summed E-state index contributed by atoms with van der Waals surface area (Å²) in [7, 11) is 0. The van der Waals surface area contributed by atoms with Crippen LogP contribution in [0.15, 0.2) is 12.3 Å². The Morgan fingerprint density at radius 1 is 1.86 bits per heavy atom. The van der Waals surface area contributed by atoms with Crippen LogP contribution in [0.3, 0.4) is 0 Å². The number of carbonyl (C=O) groups is 1. The molecule has 0 aromatic rings. The summed E-state index contributed by atoms with van der Waals surface area (Å²) in [6, 6.07) is 0. The van der Waals surface area contributed by atoms with Crippen LogP contribution < -0.4 is 29.6 Å². The minimum atomic E-state index is -0.141. The van der Waals surface area contributed by atoms with Crippen LogP contribution in [0.1, 0.15) is 8.35 Å². The van der Waals surface area contributed by atoms with Crippen molar-refractivity contribution >= 4 is 5.78 Å². The summed E-state index contributed by atoms with van der Waals surface area (Å²) in [5.74, 6) is -0.141. The fourth-order valence-electron chi connectivity index (χ4n) is 0.105. The van der Waals surface area contributed by atoms with Crippen LogP contribution in [0.5, 0.6) is 0 Å². The molecule has 2 nitrogen and oxygen atoms in total. The third-order valence-electron chi connectivity index (χ3n) is 0.309. The first-order valence-electron chi connectivity index (χ1n) is 1.58. The van der Waals surface area contributed by atoms with E-state index in [4.69, 9.17) is 5.11 Å². The molecule has 0 saturated heterocycles. The Morgan fingerprint density at radius 2 is 2.29 bits per heavy atom. The van der Waals surface area contributed by atoms with Crippen LogP contribution in [0.4, 0.5) is 0 Å². The third kappa shape index (κ3) is 10.7. The van der Waals surface area contributed by atoms with Crippen LogP contribution in [0.25, 0.3) is 0 Å². The van der Waals surface area contributed by atoms with Gasteiger partial charge in [-0.2, -0.15) is 0 Å². The topological polar surface area (TPSA) is 37.3 Å².